The summed E-state index contributed by atoms with van der Waals surface area (Å²) in [5.41, 5.74) is 0.783. The van der Waals surface area contributed by atoms with Crippen molar-refractivity contribution < 1.29 is 8.78 Å². The van der Waals surface area contributed by atoms with Gasteiger partial charge in [-0.2, -0.15) is 5.10 Å². The molecule has 0 unspecified atom stereocenters. The second-order valence-electron chi connectivity index (χ2n) is 7.35. The molecule has 6 nitrogen and oxygen atoms in total. The summed E-state index contributed by atoms with van der Waals surface area (Å²) in [6.07, 6.45) is 5.47. The standard InChI is InChI=1S/C19H26F2N6/c20-18-2-1-17(13-19(18)21)25-5-3-16(4-6-25)26-10-7-24(8-11-26)9-12-27-15-22-14-23-27/h1-2,13-16H,3-12H2. The van der Waals surface area contributed by atoms with Crippen molar-refractivity contribution in [2.75, 3.05) is 50.7 Å². The summed E-state index contributed by atoms with van der Waals surface area (Å²) in [4.78, 5) is 11.2. The molecule has 1 aromatic heterocycles. The van der Waals surface area contributed by atoms with Crippen LogP contribution in [-0.4, -0.2) is 76.4 Å². The Bertz CT molecular complexity index is 722. The Balaban J connectivity index is 1.21. The minimum Gasteiger partial charge on any atom is -0.371 e. The molecule has 2 fully saturated rings. The van der Waals surface area contributed by atoms with E-state index in [1.54, 1.807) is 18.7 Å². The molecule has 0 aliphatic carbocycles. The highest BCUT2D eigenvalue weighted by molar-refractivity contribution is 5.47. The minimum absolute atomic E-state index is 0.587. The highest BCUT2D eigenvalue weighted by atomic mass is 19.2. The SMILES string of the molecule is Fc1ccc(N2CCC(N3CCN(CCn4cncn4)CC3)CC2)cc1F. The zero-order chi connectivity index (χ0) is 18.6. The van der Waals surface area contributed by atoms with Gasteiger partial charge in [-0.05, 0) is 25.0 Å². The maximum atomic E-state index is 13.5. The predicted octanol–water partition coefficient (Wildman–Crippen LogP) is 1.84. The number of hydrogen-bond donors (Lipinski definition) is 0. The van der Waals surface area contributed by atoms with E-state index in [1.807, 2.05) is 4.68 Å². The number of hydrogen-bond acceptors (Lipinski definition) is 5. The monoisotopic (exact) mass is 376 g/mol. The molecular weight excluding hydrogens is 350 g/mol. The van der Waals surface area contributed by atoms with E-state index in [4.69, 9.17) is 0 Å². The molecular formula is C19H26F2N6. The van der Waals surface area contributed by atoms with Crippen LogP contribution in [0.1, 0.15) is 12.8 Å². The van der Waals surface area contributed by atoms with E-state index in [0.29, 0.717) is 6.04 Å². The third kappa shape index (κ3) is 4.44. The molecule has 2 aromatic rings. The van der Waals surface area contributed by atoms with Gasteiger partial charge in [-0.15, -0.1) is 0 Å². The average molecular weight is 376 g/mol. The Morgan fingerprint density at radius 3 is 2.37 bits per heavy atom. The van der Waals surface area contributed by atoms with Crippen LogP contribution in [0.5, 0.6) is 0 Å². The van der Waals surface area contributed by atoms with Gasteiger partial charge in [0.2, 0.25) is 0 Å². The number of anilines is 1. The fraction of sp³-hybridized carbons (Fsp3) is 0.579. The molecule has 8 heteroatoms. The van der Waals surface area contributed by atoms with Gasteiger partial charge in [-0.1, -0.05) is 0 Å². The molecule has 0 bridgehead atoms. The second-order valence-corrected chi connectivity index (χ2v) is 7.35. The number of benzene rings is 1. The quantitative estimate of drug-likeness (QED) is 0.797. The average Bonchev–Trinajstić information content (AvgIpc) is 3.23. The summed E-state index contributed by atoms with van der Waals surface area (Å²) in [5, 5.41) is 4.15. The summed E-state index contributed by atoms with van der Waals surface area (Å²) in [6.45, 7) is 8.01. The third-order valence-electron chi connectivity index (χ3n) is 5.77. The Morgan fingerprint density at radius 1 is 0.926 bits per heavy atom. The lowest BCUT2D eigenvalue weighted by Gasteiger charge is -2.43. The van der Waals surface area contributed by atoms with Crippen molar-refractivity contribution in [3.63, 3.8) is 0 Å². The molecule has 3 heterocycles. The van der Waals surface area contributed by atoms with Crippen LogP contribution in [0.4, 0.5) is 14.5 Å². The van der Waals surface area contributed by atoms with Crippen molar-refractivity contribution in [3.05, 3.63) is 42.5 Å². The van der Waals surface area contributed by atoms with Crippen molar-refractivity contribution >= 4 is 5.69 Å². The molecule has 27 heavy (non-hydrogen) atoms. The third-order valence-corrected chi connectivity index (χ3v) is 5.77. The zero-order valence-corrected chi connectivity index (χ0v) is 15.5. The van der Waals surface area contributed by atoms with Gasteiger partial charge in [0.1, 0.15) is 12.7 Å². The number of halogens is 2. The molecule has 0 saturated carbocycles. The van der Waals surface area contributed by atoms with E-state index in [9.17, 15) is 8.78 Å². The number of nitrogens with zero attached hydrogens (tertiary/aromatic N) is 6. The highest BCUT2D eigenvalue weighted by Crippen LogP contribution is 2.24. The summed E-state index contributed by atoms with van der Waals surface area (Å²) >= 11 is 0. The van der Waals surface area contributed by atoms with E-state index >= 15 is 0 Å². The van der Waals surface area contributed by atoms with Crippen LogP contribution in [0, 0.1) is 11.6 Å². The lowest BCUT2D eigenvalue weighted by atomic mass is 10.0. The van der Waals surface area contributed by atoms with Crippen molar-refractivity contribution in [1.29, 1.82) is 0 Å². The predicted molar refractivity (Wildman–Crippen MR) is 99.6 cm³/mol. The molecule has 4 rings (SSSR count). The van der Waals surface area contributed by atoms with E-state index in [1.165, 1.54) is 12.1 Å². The minimum atomic E-state index is -0.782. The first-order chi connectivity index (χ1) is 13.2. The molecule has 2 aliphatic heterocycles. The van der Waals surface area contributed by atoms with Crippen molar-refractivity contribution in [1.82, 2.24) is 24.6 Å². The second kappa shape index (κ2) is 8.31. The van der Waals surface area contributed by atoms with Gasteiger partial charge >= 0.3 is 0 Å². The largest absolute Gasteiger partial charge is 0.371 e. The Kier molecular flexibility index (Phi) is 5.63. The smallest absolute Gasteiger partial charge is 0.160 e. The first-order valence-electron chi connectivity index (χ1n) is 9.68. The van der Waals surface area contributed by atoms with E-state index in [2.05, 4.69) is 24.8 Å². The molecule has 146 valence electrons. The van der Waals surface area contributed by atoms with Crippen molar-refractivity contribution in [2.45, 2.75) is 25.4 Å². The van der Waals surface area contributed by atoms with Crippen LogP contribution in [0.15, 0.2) is 30.9 Å². The molecule has 0 amide bonds. The van der Waals surface area contributed by atoms with Crippen molar-refractivity contribution in [3.8, 4) is 0 Å². The van der Waals surface area contributed by atoms with Crippen LogP contribution < -0.4 is 4.90 Å². The summed E-state index contributed by atoms with van der Waals surface area (Å²) in [5.74, 6) is -1.55. The van der Waals surface area contributed by atoms with Gasteiger partial charge in [0.15, 0.2) is 11.6 Å². The van der Waals surface area contributed by atoms with Gasteiger partial charge in [-0.3, -0.25) is 14.5 Å². The van der Waals surface area contributed by atoms with E-state index in [-0.39, 0.29) is 0 Å². The maximum Gasteiger partial charge on any atom is 0.160 e. The Morgan fingerprint density at radius 2 is 1.70 bits per heavy atom. The van der Waals surface area contributed by atoms with Crippen LogP contribution in [0.2, 0.25) is 0 Å². The Labute approximate surface area is 158 Å². The number of rotatable bonds is 5. The molecule has 0 N–H and O–H groups in total. The van der Waals surface area contributed by atoms with Gasteiger partial charge < -0.3 is 4.90 Å². The topological polar surface area (TPSA) is 40.4 Å². The van der Waals surface area contributed by atoms with Crippen LogP contribution in [0.3, 0.4) is 0 Å². The number of piperidine rings is 1. The summed E-state index contributed by atoms with van der Waals surface area (Å²) in [7, 11) is 0. The summed E-state index contributed by atoms with van der Waals surface area (Å²) in [6, 6.07) is 4.79. The van der Waals surface area contributed by atoms with Gasteiger partial charge in [-0.25, -0.2) is 13.8 Å². The van der Waals surface area contributed by atoms with Crippen LogP contribution in [0.25, 0.3) is 0 Å². The van der Waals surface area contributed by atoms with E-state index < -0.39 is 11.6 Å². The lowest BCUT2D eigenvalue weighted by Crippen LogP contribution is -2.53. The molecule has 2 saturated heterocycles. The fourth-order valence-electron chi connectivity index (χ4n) is 4.12. The Hall–Kier alpha value is -2.06. The van der Waals surface area contributed by atoms with E-state index in [0.717, 1.165) is 70.9 Å². The maximum absolute atomic E-state index is 13.5. The first-order valence-corrected chi connectivity index (χ1v) is 9.68. The van der Waals surface area contributed by atoms with Crippen LogP contribution in [-0.2, 0) is 6.54 Å². The highest BCUT2D eigenvalue weighted by Gasteiger charge is 2.27. The van der Waals surface area contributed by atoms with Gasteiger partial charge in [0, 0.05) is 63.6 Å². The number of aromatic nitrogens is 3. The molecule has 1 aromatic carbocycles. The fourth-order valence-corrected chi connectivity index (χ4v) is 4.12. The number of piperazine rings is 1. The summed E-state index contributed by atoms with van der Waals surface area (Å²) < 4.78 is 28.5. The molecule has 0 atom stereocenters. The lowest BCUT2D eigenvalue weighted by molar-refractivity contribution is 0.0825. The van der Waals surface area contributed by atoms with Gasteiger partial charge in [0.05, 0.1) is 6.54 Å². The zero-order valence-electron chi connectivity index (χ0n) is 15.5. The van der Waals surface area contributed by atoms with Crippen molar-refractivity contribution in [2.24, 2.45) is 0 Å². The molecule has 0 spiro atoms. The first kappa shape index (κ1) is 18.3. The van der Waals surface area contributed by atoms with Gasteiger partial charge in [0.25, 0.3) is 0 Å². The molecule has 2 aliphatic rings. The normalized spacial score (nSPS) is 20.3. The molecule has 0 radical (unpaired) electrons. The van der Waals surface area contributed by atoms with Crippen LogP contribution >= 0.6 is 0 Å².